The van der Waals surface area contributed by atoms with E-state index < -0.39 is 6.10 Å². The van der Waals surface area contributed by atoms with Gasteiger partial charge in [0, 0.05) is 24.3 Å². The zero-order valence-corrected chi connectivity index (χ0v) is 22.2. The first-order valence-electron chi connectivity index (χ1n) is 13.9. The van der Waals surface area contributed by atoms with Crippen molar-refractivity contribution >= 4 is 11.8 Å². The Balaban J connectivity index is 1.55. The van der Waals surface area contributed by atoms with E-state index >= 15 is 0 Å². The quantitative estimate of drug-likeness (QED) is 0.186. The van der Waals surface area contributed by atoms with Crippen LogP contribution in [0.15, 0.2) is 6.07 Å². The molecule has 1 N–H and O–H groups in total. The SMILES string of the molecule is CCCCCCCCCCCCCCCC(=O)OCCc1c(C)cc2c(c1C)C(=O)C(C)C2O. The normalized spacial score (nSPS) is 17.3. The summed E-state index contributed by atoms with van der Waals surface area (Å²) in [6.45, 7) is 8.32. The van der Waals surface area contributed by atoms with Crippen LogP contribution in [0.3, 0.4) is 0 Å². The van der Waals surface area contributed by atoms with Gasteiger partial charge in [0.25, 0.3) is 0 Å². The number of ketones is 1. The molecule has 2 rings (SSSR count). The van der Waals surface area contributed by atoms with Crippen LogP contribution >= 0.6 is 0 Å². The Morgan fingerprint density at radius 1 is 0.912 bits per heavy atom. The lowest BCUT2D eigenvalue weighted by Gasteiger charge is -2.15. The van der Waals surface area contributed by atoms with Crippen molar-refractivity contribution in [1.82, 2.24) is 0 Å². The summed E-state index contributed by atoms with van der Waals surface area (Å²) in [6.07, 6.45) is 17.2. The molecule has 0 heterocycles. The highest BCUT2D eigenvalue weighted by Crippen LogP contribution is 2.39. The molecule has 0 radical (unpaired) electrons. The van der Waals surface area contributed by atoms with Gasteiger partial charge in [-0.1, -0.05) is 97.0 Å². The van der Waals surface area contributed by atoms with Gasteiger partial charge in [-0.05, 0) is 42.5 Å². The van der Waals surface area contributed by atoms with Crippen LogP contribution in [0, 0.1) is 19.8 Å². The van der Waals surface area contributed by atoms with E-state index in [9.17, 15) is 14.7 Å². The van der Waals surface area contributed by atoms with E-state index in [0.717, 1.165) is 35.1 Å². The number of ether oxygens (including phenoxy) is 1. The van der Waals surface area contributed by atoms with Crippen LogP contribution in [0.5, 0.6) is 0 Å². The smallest absolute Gasteiger partial charge is 0.305 e. The number of fused-ring (bicyclic) bond motifs is 1. The summed E-state index contributed by atoms with van der Waals surface area (Å²) < 4.78 is 5.48. The van der Waals surface area contributed by atoms with Crippen molar-refractivity contribution < 1.29 is 19.4 Å². The number of unbranched alkanes of at least 4 members (excludes halogenated alkanes) is 12. The summed E-state index contributed by atoms with van der Waals surface area (Å²) in [5, 5.41) is 10.3. The lowest BCUT2D eigenvalue weighted by atomic mass is 9.92. The number of hydrogen-bond acceptors (Lipinski definition) is 4. The molecule has 0 aromatic heterocycles. The lowest BCUT2D eigenvalue weighted by molar-refractivity contribution is -0.143. The van der Waals surface area contributed by atoms with E-state index in [-0.39, 0.29) is 17.7 Å². The van der Waals surface area contributed by atoms with E-state index in [0.29, 0.717) is 25.0 Å². The summed E-state index contributed by atoms with van der Waals surface area (Å²) in [4.78, 5) is 24.7. The molecule has 0 aliphatic heterocycles. The first-order chi connectivity index (χ1) is 16.4. The fourth-order valence-electron chi connectivity index (χ4n) is 5.27. The Hall–Kier alpha value is -1.68. The van der Waals surface area contributed by atoms with Crippen molar-refractivity contribution in [2.75, 3.05) is 6.61 Å². The number of aliphatic hydroxyl groups is 1. The standard InChI is InChI=1S/C30H48O4/c1-5-6-7-8-9-10-11-12-13-14-15-16-17-18-27(31)34-20-19-25-22(2)21-26-28(23(25)3)30(33)24(4)29(26)32/h21,24,29,32H,5-20H2,1-4H3. The average molecular weight is 473 g/mol. The zero-order valence-electron chi connectivity index (χ0n) is 22.2. The molecule has 4 heteroatoms. The molecule has 2 atom stereocenters. The Labute approximate surface area is 207 Å². The van der Waals surface area contributed by atoms with Crippen LogP contribution < -0.4 is 0 Å². The number of carbonyl (C=O) groups is 2. The van der Waals surface area contributed by atoms with E-state index in [1.165, 1.54) is 70.6 Å². The molecule has 192 valence electrons. The van der Waals surface area contributed by atoms with Crippen molar-refractivity contribution in [2.24, 2.45) is 5.92 Å². The maximum absolute atomic E-state index is 12.5. The van der Waals surface area contributed by atoms with Gasteiger partial charge in [0.2, 0.25) is 0 Å². The summed E-state index contributed by atoms with van der Waals surface area (Å²) in [5.74, 6) is -0.498. The van der Waals surface area contributed by atoms with Gasteiger partial charge >= 0.3 is 5.97 Å². The maximum atomic E-state index is 12.5. The topological polar surface area (TPSA) is 63.6 Å². The van der Waals surface area contributed by atoms with E-state index in [1.807, 2.05) is 19.9 Å². The summed E-state index contributed by atoms with van der Waals surface area (Å²) >= 11 is 0. The summed E-state index contributed by atoms with van der Waals surface area (Å²) in [7, 11) is 0. The number of rotatable bonds is 17. The van der Waals surface area contributed by atoms with Gasteiger partial charge in [0.1, 0.15) is 0 Å². The molecule has 0 bridgehead atoms. The second kappa shape index (κ2) is 15.3. The van der Waals surface area contributed by atoms with Gasteiger partial charge in [-0.3, -0.25) is 9.59 Å². The van der Waals surface area contributed by atoms with Crippen molar-refractivity contribution in [3.05, 3.63) is 33.9 Å². The Morgan fingerprint density at radius 2 is 1.44 bits per heavy atom. The van der Waals surface area contributed by atoms with Crippen LogP contribution in [0.25, 0.3) is 0 Å². The van der Waals surface area contributed by atoms with Crippen LogP contribution in [0.1, 0.15) is 142 Å². The van der Waals surface area contributed by atoms with Crippen LogP contribution in [-0.2, 0) is 16.0 Å². The predicted octanol–water partition coefficient (Wildman–Crippen LogP) is 7.74. The molecule has 1 aromatic carbocycles. The molecule has 1 aliphatic carbocycles. The van der Waals surface area contributed by atoms with Crippen molar-refractivity contribution in [2.45, 2.75) is 130 Å². The monoisotopic (exact) mass is 472 g/mol. The van der Waals surface area contributed by atoms with Gasteiger partial charge in [-0.15, -0.1) is 0 Å². The highest BCUT2D eigenvalue weighted by atomic mass is 16.5. The fraction of sp³-hybridized carbons (Fsp3) is 0.733. The largest absolute Gasteiger partial charge is 0.465 e. The van der Waals surface area contributed by atoms with Gasteiger partial charge < -0.3 is 9.84 Å². The van der Waals surface area contributed by atoms with Crippen molar-refractivity contribution in [1.29, 1.82) is 0 Å². The molecular formula is C30H48O4. The van der Waals surface area contributed by atoms with Gasteiger partial charge in [0.05, 0.1) is 12.7 Å². The molecule has 0 fully saturated rings. The third kappa shape index (κ3) is 8.52. The maximum Gasteiger partial charge on any atom is 0.305 e. The molecule has 4 nitrogen and oxygen atoms in total. The second-order valence-corrected chi connectivity index (χ2v) is 10.3. The summed E-state index contributed by atoms with van der Waals surface area (Å²) in [5.41, 5.74) is 4.44. The van der Waals surface area contributed by atoms with Gasteiger partial charge in [-0.2, -0.15) is 0 Å². The number of aliphatic hydroxyl groups excluding tert-OH is 1. The number of esters is 1. The fourth-order valence-corrected chi connectivity index (χ4v) is 5.27. The summed E-state index contributed by atoms with van der Waals surface area (Å²) in [6, 6.07) is 1.93. The molecule has 0 saturated carbocycles. The number of Topliss-reactive ketones (excluding diaryl/α,β-unsaturated/α-hetero) is 1. The van der Waals surface area contributed by atoms with E-state index in [1.54, 1.807) is 6.92 Å². The van der Waals surface area contributed by atoms with Crippen LogP contribution in [-0.4, -0.2) is 23.5 Å². The third-order valence-electron chi connectivity index (χ3n) is 7.52. The second-order valence-electron chi connectivity index (χ2n) is 10.3. The zero-order chi connectivity index (χ0) is 24.9. The first kappa shape index (κ1) is 28.6. The number of hydrogen-bond donors (Lipinski definition) is 1. The molecule has 2 unspecified atom stereocenters. The minimum atomic E-state index is -0.716. The molecular weight excluding hydrogens is 424 g/mol. The number of benzene rings is 1. The molecule has 1 aliphatic rings. The molecule has 0 spiro atoms. The first-order valence-corrected chi connectivity index (χ1v) is 13.9. The van der Waals surface area contributed by atoms with E-state index in [2.05, 4.69) is 6.92 Å². The molecule has 1 aromatic rings. The average Bonchev–Trinajstić information content (AvgIpc) is 3.02. The van der Waals surface area contributed by atoms with Crippen molar-refractivity contribution in [3.8, 4) is 0 Å². The minimum absolute atomic E-state index is 0.0145. The van der Waals surface area contributed by atoms with Crippen LogP contribution in [0.2, 0.25) is 0 Å². The Bertz CT molecular complexity index is 783. The van der Waals surface area contributed by atoms with Crippen molar-refractivity contribution in [3.63, 3.8) is 0 Å². The Morgan fingerprint density at radius 3 is 2.00 bits per heavy atom. The van der Waals surface area contributed by atoms with Gasteiger partial charge in [-0.25, -0.2) is 0 Å². The minimum Gasteiger partial charge on any atom is -0.465 e. The highest BCUT2D eigenvalue weighted by Gasteiger charge is 2.37. The predicted molar refractivity (Wildman–Crippen MR) is 139 cm³/mol. The van der Waals surface area contributed by atoms with Gasteiger partial charge in [0.15, 0.2) is 5.78 Å². The molecule has 0 saturated heterocycles. The highest BCUT2D eigenvalue weighted by molar-refractivity contribution is 6.04. The lowest BCUT2D eigenvalue weighted by Crippen LogP contribution is -2.11. The Kier molecular flexibility index (Phi) is 12.9. The third-order valence-corrected chi connectivity index (χ3v) is 7.52. The molecule has 34 heavy (non-hydrogen) atoms. The number of aryl methyl sites for hydroxylation is 1. The van der Waals surface area contributed by atoms with Crippen LogP contribution in [0.4, 0.5) is 0 Å². The molecule has 0 amide bonds. The number of carbonyl (C=O) groups excluding carboxylic acids is 2. The van der Waals surface area contributed by atoms with E-state index in [4.69, 9.17) is 4.74 Å².